The molecule has 0 atom stereocenters. The lowest BCUT2D eigenvalue weighted by Gasteiger charge is -2.41. The van der Waals surface area contributed by atoms with Gasteiger partial charge in [0, 0.05) is 50.9 Å². The van der Waals surface area contributed by atoms with Crippen molar-refractivity contribution in [3.05, 3.63) is 23.8 Å². The quantitative estimate of drug-likeness (QED) is 0.817. The number of piperidine rings is 1. The van der Waals surface area contributed by atoms with E-state index in [-0.39, 0.29) is 0 Å². The largest absolute Gasteiger partial charge is 0.497 e. The Balaban J connectivity index is 1.40. The molecule has 7 heteroatoms. The minimum atomic E-state index is 0.558. The van der Waals surface area contributed by atoms with Crippen LogP contribution in [-0.2, 0) is 0 Å². The van der Waals surface area contributed by atoms with Crippen LogP contribution in [0.2, 0.25) is 0 Å². The number of hydrogen-bond donors (Lipinski definition) is 0. The number of rotatable bonds is 4. The Morgan fingerprint density at radius 2 is 1.78 bits per heavy atom. The van der Waals surface area contributed by atoms with Gasteiger partial charge in [0.15, 0.2) is 0 Å². The Labute approximate surface area is 160 Å². The summed E-state index contributed by atoms with van der Waals surface area (Å²) in [6.07, 6.45) is 2.30. The van der Waals surface area contributed by atoms with E-state index < -0.39 is 0 Å². The Morgan fingerprint density at radius 3 is 2.48 bits per heavy atom. The summed E-state index contributed by atoms with van der Waals surface area (Å²) in [6, 6.07) is 7.22. The molecule has 2 saturated heterocycles. The van der Waals surface area contributed by atoms with Crippen molar-refractivity contribution in [2.75, 3.05) is 58.3 Å². The lowest BCUT2D eigenvalue weighted by atomic mass is 10.0. The van der Waals surface area contributed by atoms with Crippen LogP contribution in [0.1, 0.15) is 18.4 Å². The standard InChI is InChI=1S/C20H29N5O2/c1-15-4-5-17(26-3)14-18(15)19-21-22-20(27-19)25-8-6-16(7-9-25)24-12-10-23(2)11-13-24/h4-5,14,16H,6-13H2,1-3H3. The maximum Gasteiger partial charge on any atom is 0.318 e. The maximum absolute atomic E-state index is 6.01. The lowest BCUT2D eigenvalue weighted by Crippen LogP contribution is -2.52. The van der Waals surface area contributed by atoms with E-state index >= 15 is 0 Å². The van der Waals surface area contributed by atoms with Crippen LogP contribution in [0.5, 0.6) is 5.75 Å². The van der Waals surface area contributed by atoms with Crippen LogP contribution >= 0.6 is 0 Å². The molecule has 0 saturated carbocycles. The van der Waals surface area contributed by atoms with Crippen LogP contribution in [0.15, 0.2) is 22.6 Å². The first-order valence-electron chi connectivity index (χ1n) is 9.80. The van der Waals surface area contributed by atoms with Gasteiger partial charge in [-0.3, -0.25) is 4.90 Å². The van der Waals surface area contributed by atoms with Gasteiger partial charge in [-0.05, 0) is 44.5 Å². The number of benzene rings is 1. The van der Waals surface area contributed by atoms with E-state index in [9.17, 15) is 0 Å². The molecule has 4 rings (SSSR count). The van der Waals surface area contributed by atoms with Crippen molar-refractivity contribution in [3.63, 3.8) is 0 Å². The summed E-state index contributed by atoms with van der Waals surface area (Å²) < 4.78 is 11.3. The molecule has 0 unspecified atom stereocenters. The van der Waals surface area contributed by atoms with E-state index in [2.05, 4.69) is 31.9 Å². The van der Waals surface area contributed by atoms with Crippen LogP contribution in [-0.4, -0.2) is 79.5 Å². The van der Waals surface area contributed by atoms with Crippen LogP contribution in [0.4, 0.5) is 6.01 Å². The maximum atomic E-state index is 6.01. The normalized spacial score (nSPS) is 20.2. The Morgan fingerprint density at radius 1 is 1.04 bits per heavy atom. The van der Waals surface area contributed by atoms with Gasteiger partial charge in [-0.15, -0.1) is 5.10 Å². The molecule has 146 valence electrons. The third kappa shape index (κ3) is 3.94. The number of nitrogens with zero attached hydrogens (tertiary/aromatic N) is 5. The molecule has 1 aromatic heterocycles. The molecule has 0 radical (unpaired) electrons. The molecule has 2 aliphatic rings. The summed E-state index contributed by atoms with van der Waals surface area (Å²) in [5, 5.41) is 8.59. The Bertz CT molecular complexity index is 761. The minimum Gasteiger partial charge on any atom is -0.497 e. The van der Waals surface area contributed by atoms with Gasteiger partial charge in [-0.1, -0.05) is 11.2 Å². The number of methoxy groups -OCH3 is 1. The minimum absolute atomic E-state index is 0.558. The van der Waals surface area contributed by atoms with Crippen LogP contribution in [0, 0.1) is 6.92 Å². The fourth-order valence-electron chi connectivity index (χ4n) is 4.02. The van der Waals surface area contributed by atoms with E-state index in [4.69, 9.17) is 9.15 Å². The van der Waals surface area contributed by atoms with Crippen molar-refractivity contribution in [2.24, 2.45) is 0 Å². The zero-order chi connectivity index (χ0) is 18.8. The molecule has 0 N–H and O–H groups in total. The van der Waals surface area contributed by atoms with E-state index in [0.29, 0.717) is 17.9 Å². The first kappa shape index (κ1) is 18.3. The zero-order valence-corrected chi connectivity index (χ0v) is 16.5. The van der Waals surface area contributed by atoms with Crippen LogP contribution in [0.25, 0.3) is 11.5 Å². The molecule has 7 nitrogen and oxygen atoms in total. The van der Waals surface area contributed by atoms with Crippen molar-refractivity contribution >= 4 is 6.01 Å². The highest BCUT2D eigenvalue weighted by atomic mass is 16.5. The van der Waals surface area contributed by atoms with Gasteiger partial charge < -0.3 is 19.0 Å². The fraction of sp³-hybridized carbons (Fsp3) is 0.600. The lowest BCUT2D eigenvalue weighted by molar-refractivity contribution is 0.0976. The molecule has 0 bridgehead atoms. The average Bonchev–Trinajstić information content (AvgIpc) is 3.19. The van der Waals surface area contributed by atoms with Gasteiger partial charge in [-0.2, -0.15) is 0 Å². The molecular formula is C20H29N5O2. The smallest absolute Gasteiger partial charge is 0.318 e. The third-order valence-corrected chi connectivity index (χ3v) is 5.88. The first-order valence-corrected chi connectivity index (χ1v) is 9.80. The van der Waals surface area contributed by atoms with Gasteiger partial charge in [0.05, 0.1) is 7.11 Å². The van der Waals surface area contributed by atoms with Crippen molar-refractivity contribution in [3.8, 4) is 17.2 Å². The number of ether oxygens (including phenoxy) is 1. The summed E-state index contributed by atoms with van der Waals surface area (Å²) in [5.41, 5.74) is 2.03. The van der Waals surface area contributed by atoms with Gasteiger partial charge in [0.25, 0.3) is 0 Å². The molecule has 3 heterocycles. The van der Waals surface area contributed by atoms with Gasteiger partial charge >= 0.3 is 6.01 Å². The highest BCUT2D eigenvalue weighted by molar-refractivity contribution is 5.61. The molecular weight excluding hydrogens is 342 g/mol. The van der Waals surface area contributed by atoms with E-state index in [1.807, 2.05) is 25.1 Å². The summed E-state index contributed by atoms with van der Waals surface area (Å²) in [4.78, 5) is 7.28. The second-order valence-electron chi connectivity index (χ2n) is 7.63. The van der Waals surface area contributed by atoms with E-state index in [1.165, 1.54) is 26.2 Å². The number of hydrogen-bond acceptors (Lipinski definition) is 7. The van der Waals surface area contributed by atoms with Crippen molar-refractivity contribution in [2.45, 2.75) is 25.8 Å². The molecule has 2 aromatic rings. The van der Waals surface area contributed by atoms with Crippen LogP contribution < -0.4 is 9.64 Å². The predicted molar refractivity (Wildman–Crippen MR) is 105 cm³/mol. The van der Waals surface area contributed by atoms with Gasteiger partial charge in [-0.25, -0.2) is 0 Å². The second-order valence-corrected chi connectivity index (χ2v) is 7.63. The molecule has 27 heavy (non-hydrogen) atoms. The summed E-state index contributed by atoms with van der Waals surface area (Å²) in [6.45, 7) is 8.69. The number of piperazine rings is 1. The molecule has 2 aliphatic heterocycles. The summed E-state index contributed by atoms with van der Waals surface area (Å²) >= 11 is 0. The van der Waals surface area contributed by atoms with Crippen molar-refractivity contribution < 1.29 is 9.15 Å². The highest BCUT2D eigenvalue weighted by Gasteiger charge is 2.28. The predicted octanol–water partition coefficient (Wildman–Crippen LogP) is 2.27. The van der Waals surface area contributed by atoms with Gasteiger partial charge in [0.1, 0.15) is 5.75 Å². The number of aromatic nitrogens is 2. The monoisotopic (exact) mass is 371 g/mol. The van der Waals surface area contributed by atoms with E-state index in [1.54, 1.807) is 7.11 Å². The Hall–Kier alpha value is -2.12. The topological polar surface area (TPSA) is 57.9 Å². The van der Waals surface area contributed by atoms with E-state index in [0.717, 1.165) is 42.8 Å². The fourth-order valence-corrected chi connectivity index (χ4v) is 4.02. The van der Waals surface area contributed by atoms with Crippen LogP contribution in [0.3, 0.4) is 0 Å². The Kier molecular flexibility index (Phi) is 5.31. The molecule has 1 aromatic carbocycles. The number of likely N-dealkylation sites (N-methyl/N-ethyl adjacent to an activating group) is 1. The van der Waals surface area contributed by atoms with Crippen molar-refractivity contribution in [1.29, 1.82) is 0 Å². The molecule has 0 aliphatic carbocycles. The van der Waals surface area contributed by atoms with Crippen molar-refractivity contribution in [1.82, 2.24) is 20.0 Å². The number of anilines is 1. The summed E-state index contributed by atoms with van der Waals surface area (Å²) in [7, 11) is 3.87. The number of aryl methyl sites for hydroxylation is 1. The molecule has 2 fully saturated rings. The molecule has 0 amide bonds. The molecule has 0 spiro atoms. The average molecular weight is 371 g/mol. The first-order chi connectivity index (χ1) is 13.1. The highest BCUT2D eigenvalue weighted by Crippen LogP contribution is 2.29. The zero-order valence-electron chi connectivity index (χ0n) is 16.5. The van der Waals surface area contributed by atoms with Gasteiger partial charge in [0.2, 0.25) is 5.89 Å². The SMILES string of the molecule is COc1ccc(C)c(-c2nnc(N3CCC(N4CCN(C)CC4)CC3)o2)c1. The second kappa shape index (κ2) is 7.86. The summed E-state index contributed by atoms with van der Waals surface area (Å²) in [5.74, 6) is 1.35. The third-order valence-electron chi connectivity index (χ3n) is 5.88.